The van der Waals surface area contributed by atoms with E-state index >= 15 is 0 Å². The number of halogens is 1. The number of aryl methyl sites for hydroxylation is 2. The Labute approximate surface area is 136 Å². The van der Waals surface area contributed by atoms with Crippen molar-refractivity contribution in [3.8, 4) is 0 Å². The van der Waals surface area contributed by atoms with Crippen molar-refractivity contribution in [2.45, 2.75) is 54.0 Å². The van der Waals surface area contributed by atoms with E-state index in [0.717, 1.165) is 37.3 Å². The minimum absolute atomic E-state index is 0.621. The number of furan rings is 1. The van der Waals surface area contributed by atoms with Gasteiger partial charge < -0.3 is 9.73 Å². The lowest BCUT2D eigenvalue weighted by Gasteiger charge is -2.09. The van der Waals surface area contributed by atoms with Crippen molar-refractivity contribution in [3.63, 3.8) is 0 Å². The maximum atomic E-state index is 6.18. The van der Waals surface area contributed by atoms with Crippen molar-refractivity contribution in [1.29, 1.82) is 0 Å². The molecule has 3 heteroatoms. The third-order valence-electron chi connectivity index (χ3n) is 3.84. The minimum Gasteiger partial charge on any atom is -0.459 e. The van der Waals surface area contributed by atoms with E-state index in [1.54, 1.807) is 0 Å². The molecule has 1 heterocycles. The minimum atomic E-state index is 0.621. The van der Waals surface area contributed by atoms with Crippen LogP contribution in [0.25, 0.3) is 11.0 Å². The summed E-state index contributed by atoms with van der Waals surface area (Å²) >= 11 is 3.72. The van der Waals surface area contributed by atoms with Gasteiger partial charge in [-0.05, 0) is 56.3 Å². The molecule has 21 heavy (non-hydrogen) atoms. The van der Waals surface area contributed by atoms with Crippen molar-refractivity contribution in [2.75, 3.05) is 6.54 Å². The molecule has 0 aliphatic heterocycles. The molecule has 0 saturated carbocycles. The number of rotatable bonds is 6. The van der Waals surface area contributed by atoms with E-state index in [0.29, 0.717) is 5.92 Å². The van der Waals surface area contributed by atoms with Crippen LogP contribution >= 0.6 is 15.9 Å². The van der Waals surface area contributed by atoms with Gasteiger partial charge in [0.25, 0.3) is 0 Å². The Bertz CT molecular complexity index is 628. The highest BCUT2D eigenvalue weighted by molar-refractivity contribution is 9.10. The number of fused-ring (bicyclic) bond motifs is 1. The molecule has 2 nitrogen and oxygen atoms in total. The maximum Gasteiger partial charge on any atom is 0.135 e. The standard InChI is InChI=1S/C18H26BrNO/c1-6-7-20-10-16-14(8-11(2)3)17-13(5)18(19)12(4)9-15(17)21-16/h9,11,20H,6-8,10H2,1-5H3. The molecular formula is C18H26BrNO. The van der Waals surface area contributed by atoms with Gasteiger partial charge in [-0.2, -0.15) is 0 Å². The molecule has 1 aromatic carbocycles. The van der Waals surface area contributed by atoms with Crippen LogP contribution in [-0.4, -0.2) is 6.54 Å². The van der Waals surface area contributed by atoms with E-state index < -0.39 is 0 Å². The van der Waals surface area contributed by atoms with Crippen LogP contribution in [0.1, 0.15) is 49.6 Å². The first-order valence-electron chi connectivity index (χ1n) is 7.86. The summed E-state index contributed by atoms with van der Waals surface area (Å²) in [5, 5.41) is 4.77. The third-order valence-corrected chi connectivity index (χ3v) is 5.06. The molecule has 0 unspecified atom stereocenters. The van der Waals surface area contributed by atoms with Crippen LogP contribution in [0, 0.1) is 19.8 Å². The first kappa shape index (κ1) is 16.6. The number of hydrogen-bond donors (Lipinski definition) is 1. The van der Waals surface area contributed by atoms with Crippen molar-refractivity contribution in [3.05, 3.63) is 33.0 Å². The zero-order valence-corrected chi connectivity index (χ0v) is 15.4. The van der Waals surface area contributed by atoms with E-state index in [-0.39, 0.29) is 0 Å². The Morgan fingerprint density at radius 3 is 2.62 bits per heavy atom. The van der Waals surface area contributed by atoms with Crippen molar-refractivity contribution < 1.29 is 4.42 Å². The highest BCUT2D eigenvalue weighted by Gasteiger charge is 2.19. The Morgan fingerprint density at radius 2 is 2.00 bits per heavy atom. The van der Waals surface area contributed by atoms with Crippen LogP contribution in [0.3, 0.4) is 0 Å². The fraction of sp³-hybridized carbons (Fsp3) is 0.556. The van der Waals surface area contributed by atoms with Crippen LogP contribution in [0.2, 0.25) is 0 Å². The Balaban J connectivity index is 2.54. The normalized spacial score (nSPS) is 11.8. The molecule has 2 aromatic rings. The SMILES string of the molecule is CCCNCc1oc2cc(C)c(Br)c(C)c2c1CC(C)C. The van der Waals surface area contributed by atoms with Gasteiger partial charge in [-0.25, -0.2) is 0 Å². The fourth-order valence-electron chi connectivity index (χ4n) is 2.86. The van der Waals surface area contributed by atoms with E-state index in [2.05, 4.69) is 61.9 Å². The predicted molar refractivity (Wildman–Crippen MR) is 93.9 cm³/mol. The first-order valence-corrected chi connectivity index (χ1v) is 8.65. The molecule has 0 aliphatic carbocycles. The average molecular weight is 352 g/mol. The highest BCUT2D eigenvalue weighted by atomic mass is 79.9. The van der Waals surface area contributed by atoms with Gasteiger partial charge in [-0.3, -0.25) is 0 Å². The van der Waals surface area contributed by atoms with Crippen molar-refractivity contribution >= 4 is 26.9 Å². The van der Waals surface area contributed by atoms with Crippen LogP contribution in [0.4, 0.5) is 0 Å². The van der Waals surface area contributed by atoms with E-state index in [9.17, 15) is 0 Å². The largest absolute Gasteiger partial charge is 0.459 e. The van der Waals surface area contributed by atoms with Crippen molar-refractivity contribution in [2.24, 2.45) is 5.92 Å². The van der Waals surface area contributed by atoms with Gasteiger partial charge in [0.05, 0.1) is 6.54 Å². The summed E-state index contributed by atoms with van der Waals surface area (Å²) < 4.78 is 7.38. The smallest absolute Gasteiger partial charge is 0.135 e. The topological polar surface area (TPSA) is 25.2 Å². The lowest BCUT2D eigenvalue weighted by molar-refractivity contribution is 0.500. The summed E-state index contributed by atoms with van der Waals surface area (Å²) in [5.74, 6) is 1.72. The van der Waals surface area contributed by atoms with Crippen LogP contribution in [-0.2, 0) is 13.0 Å². The first-order chi connectivity index (χ1) is 9.95. The predicted octanol–water partition coefficient (Wildman–Crippen LogP) is 5.51. The van der Waals surface area contributed by atoms with Crippen molar-refractivity contribution in [1.82, 2.24) is 5.32 Å². The molecule has 0 aliphatic rings. The van der Waals surface area contributed by atoms with Gasteiger partial charge in [0.2, 0.25) is 0 Å². The molecule has 0 spiro atoms. The second kappa shape index (κ2) is 6.97. The van der Waals surface area contributed by atoms with Gasteiger partial charge in [0.1, 0.15) is 11.3 Å². The summed E-state index contributed by atoms with van der Waals surface area (Å²) in [6.45, 7) is 12.9. The fourth-order valence-corrected chi connectivity index (χ4v) is 3.17. The van der Waals surface area contributed by atoms with Crippen LogP contribution in [0.5, 0.6) is 0 Å². The molecule has 0 fully saturated rings. The molecule has 0 saturated heterocycles. The number of nitrogens with one attached hydrogen (secondary N) is 1. The van der Waals surface area contributed by atoms with Gasteiger partial charge in [-0.15, -0.1) is 0 Å². The molecule has 0 atom stereocenters. The maximum absolute atomic E-state index is 6.18. The van der Waals surface area contributed by atoms with Gasteiger partial charge in [-0.1, -0.05) is 36.7 Å². The van der Waals surface area contributed by atoms with Gasteiger partial charge in [0, 0.05) is 15.4 Å². The van der Waals surface area contributed by atoms with E-state index in [4.69, 9.17) is 4.42 Å². The zero-order chi connectivity index (χ0) is 15.6. The molecule has 0 bridgehead atoms. The average Bonchev–Trinajstić information content (AvgIpc) is 2.74. The monoisotopic (exact) mass is 351 g/mol. The Kier molecular flexibility index (Phi) is 5.50. The van der Waals surface area contributed by atoms with E-state index in [1.807, 2.05) is 0 Å². The molecular weight excluding hydrogens is 326 g/mol. The highest BCUT2D eigenvalue weighted by Crippen LogP contribution is 2.36. The van der Waals surface area contributed by atoms with Gasteiger partial charge in [0.15, 0.2) is 0 Å². The molecule has 116 valence electrons. The molecule has 0 amide bonds. The summed E-state index contributed by atoms with van der Waals surface area (Å²) in [5.41, 5.74) is 4.93. The second-order valence-corrected chi connectivity index (χ2v) is 7.08. The summed E-state index contributed by atoms with van der Waals surface area (Å²) in [7, 11) is 0. The summed E-state index contributed by atoms with van der Waals surface area (Å²) in [6, 6.07) is 2.15. The lowest BCUT2D eigenvalue weighted by atomic mass is 9.96. The molecule has 0 radical (unpaired) electrons. The third kappa shape index (κ3) is 3.51. The van der Waals surface area contributed by atoms with Crippen LogP contribution < -0.4 is 5.32 Å². The van der Waals surface area contributed by atoms with Crippen LogP contribution in [0.15, 0.2) is 15.0 Å². The quantitative estimate of drug-likeness (QED) is 0.694. The molecule has 2 rings (SSSR count). The zero-order valence-electron chi connectivity index (χ0n) is 13.8. The lowest BCUT2D eigenvalue weighted by Crippen LogP contribution is -2.14. The molecule has 1 aromatic heterocycles. The molecule has 1 N–H and O–H groups in total. The number of hydrogen-bond acceptors (Lipinski definition) is 2. The Hall–Kier alpha value is -0.800. The summed E-state index contributed by atoms with van der Waals surface area (Å²) in [4.78, 5) is 0. The second-order valence-electron chi connectivity index (χ2n) is 6.28. The summed E-state index contributed by atoms with van der Waals surface area (Å²) in [6.07, 6.45) is 2.20. The van der Waals surface area contributed by atoms with E-state index in [1.165, 1.54) is 26.5 Å². The van der Waals surface area contributed by atoms with Gasteiger partial charge >= 0.3 is 0 Å². The number of benzene rings is 1. The Morgan fingerprint density at radius 1 is 1.29 bits per heavy atom.